The topological polar surface area (TPSA) is 33.2 Å². The number of carbonyl (C=O) groups excluding carboxylic acids is 1. The van der Waals surface area contributed by atoms with Crippen molar-refractivity contribution in [2.24, 2.45) is 0 Å². The van der Waals surface area contributed by atoms with Gasteiger partial charge in [-0.05, 0) is 30.0 Å². The lowest BCUT2D eigenvalue weighted by atomic mass is 10.2. The van der Waals surface area contributed by atoms with E-state index in [9.17, 15) is 9.18 Å². The highest BCUT2D eigenvalue weighted by Gasteiger charge is 2.18. The van der Waals surface area contributed by atoms with E-state index in [4.69, 9.17) is 11.6 Å². The second kappa shape index (κ2) is 5.67. The fourth-order valence-electron chi connectivity index (χ4n) is 1.63. The molecule has 6 heteroatoms. The molecule has 2 aromatic rings. The van der Waals surface area contributed by atoms with Crippen molar-refractivity contribution in [2.75, 3.05) is 7.05 Å². The van der Waals surface area contributed by atoms with Crippen LogP contribution in [0.4, 0.5) is 4.39 Å². The molecule has 0 radical (unpaired) electrons. The zero-order chi connectivity index (χ0) is 14.0. The van der Waals surface area contributed by atoms with Gasteiger partial charge in [0.25, 0.3) is 5.91 Å². The quantitative estimate of drug-likeness (QED) is 0.812. The van der Waals surface area contributed by atoms with Gasteiger partial charge in [0.1, 0.15) is 11.0 Å². The Morgan fingerprint density at radius 3 is 2.95 bits per heavy atom. The SMILES string of the molecule is Cc1ccsc1CN(C)C(=O)c1cc(F)cnc1Cl. The predicted molar refractivity (Wildman–Crippen MR) is 74.1 cm³/mol. The number of hydrogen-bond acceptors (Lipinski definition) is 3. The van der Waals surface area contributed by atoms with Gasteiger partial charge in [-0.15, -0.1) is 11.3 Å². The van der Waals surface area contributed by atoms with Crippen molar-refractivity contribution in [3.63, 3.8) is 0 Å². The number of rotatable bonds is 3. The standard InChI is InChI=1S/C13H12ClFN2OS/c1-8-3-4-19-11(8)7-17(2)13(18)10-5-9(15)6-16-12(10)14/h3-6H,7H2,1-2H3. The zero-order valence-corrected chi connectivity index (χ0v) is 12.1. The minimum absolute atomic E-state index is 0.0150. The van der Waals surface area contributed by atoms with E-state index in [-0.39, 0.29) is 16.6 Å². The van der Waals surface area contributed by atoms with Crippen molar-refractivity contribution in [3.8, 4) is 0 Å². The van der Waals surface area contributed by atoms with E-state index in [1.54, 1.807) is 18.4 Å². The van der Waals surface area contributed by atoms with Crippen LogP contribution in [-0.4, -0.2) is 22.8 Å². The molecule has 0 aromatic carbocycles. The third-order valence-corrected chi connectivity index (χ3v) is 4.04. The van der Waals surface area contributed by atoms with Crippen molar-refractivity contribution in [1.29, 1.82) is 0 Å². The molecule has 0 bridgehead atoms. The summed E-state index contributed by atoms with van der Waals surface area (Å²) in [4.78, 5) is 18.4. The van der Waals surface area contributed by atoms with Crippen molar-refractivity contribution < 1.29 is 9.18 Å². The first-order valence-corrected chi connectivity index (χ1v) is 6.84. The Hall–Kier alpha value is -1.46. The number of carbonyl (C=O) groups is 1. The molecule has 0 aliphatic carbocycles. The first-order valence-electron chi connectivity index (χ1n) is 5.58. The lowest BCUT2D eigenvalue weighted by molar-refractivity contribution is 0.0785. The Morgan fingerprint density at radius 1 is 1.58 bits per heavy atom. The predicted octanol–water partition coefficient (Wildman–Crippen LogP) is 3.52. The molecule has 2 rings (SSSR count). The lowest BCUT2D eigenvalue weighted by Gasteiger charge is -2.17. The number of aryl methyl sites for hydroxylation is 1. The molecule has 0 saturated carbocycles. The fourth-order valence-corrected chi connectivity index (χ4v) is 2.77. The number of hydrogen-bond donors (Lipinski definition) is 0. The van der Waals surface area contributed by atoms with Gasteiger partial charge in [0.05, 0.1) is 18.3 Å². The lowest BCUT2D eigenvalue weighted by Crippen LogP contribution is -2.26. The molecule has 0 fully saturated rings. The normalized spacial score (nSPS) is 10.5. The first kappa shape index (κ1) is 14.0. The number of amides is 1. The summed E-state index contributed by atoms with van der Waals surface area (Å²) in [6.45, 7) is 2.45. The molecule has 0 aliphatic rings. The third-order valence-electron chi connectivity index (χ3n) is 2.73. The average Bonchev–Trinajstić information content (AvgIpc) is 2.77. The molecule has 2 aromatic heterocycles. The molecule has 0 unspecified atom stereocenters. The van der Waals surface area contributed by atoms with Crippen molar-refractivity contribution in [3.05, 3.63) is 50.7 Å². The Bertz CT molecular complexity index is 614. The van der Waals surface area contributed by atoms with Crippen LogP contribution in [0.3, 0.4) is 0 Å². The summed E-state index contributed by atoms with van der Waals surface area (Å²) in [5.41, 5.74) is 1.21. The molecule has 0 spiro atoms. The van der Waals surface area contributed by atoms with Gasteiger partial charge in [0, 0.05) is 11.9 Å². The van der Waals surface area contributed by atoms with Crippen LogP contribution in [0.1, 0.15) is 20.8 Å². The van der Waals surface area contributed by atoms with Crippen LogP contribution in [0.5, 0.6) is 0 Å². The van der Waals surface area contributed by atoms with Gasteiger partial charge >= 0.3 is 0 Å². The zero-order valence-electron chi connectivity index (χ0n) is 10.5. The number of thiophene rings is 1. The highest BCUT2D eigenvalue weighted by molar-refractivity contribution is 7.10. The number of pyridine rings is 1. The van der Waals surface area contributed by atoms with E-state index in [1.807, 2.05) is 18.4 Å². The minimum atomic E-state index is -0.576. The highest BCUT2D eigenvalue weighted by Crippen LogP contribution is 2.20. The molecule has 3 nitrogen and oxygen atoms in total. The van der Waals surface area contributed by atoms with Gasteiger partial charge < -0.3 is 4.90 Å². The van der Waals surface area contributed by atoms with E-state index in [2.05, 4.69) is 4.98 Å². The molecule has 0 saturated heterocycles. The summed E-state index contributed by atoms with van der Waals surface area (Å²) in [5.74, 6) is -0.918. The monoisotopic (exact) mass is 298 g/mol. The van der Waals surface area contributed by atoms with Crippen LogP contribution >= 0.6 is 22.9 Å². The molecular weight excluding hydrogens is 287 g/mol. The van der Waals surface area contributed by atoms with Gasteiger partial charge in [-0.25, -0.2) is 9.37 Å². The average molecular weight is 299 g/mol. The summed E-state index contributed by atoms with van der Waals surface area (Å²) < 4.78 is 13.1. The van der Waals surface area contributed by atoms with E-state index < -0.39 is 5.82 Å². The second-order valence-corrected chi connectivity index (χ2v) is 5.54. The van der Waals surface area contributed by atoms with E-state index in [0.29, 0.717) is 6.54 Å². The highest BCUT2D eigenvalue weighted by atomic mass is 35.5. The maximum absolute atomic E-state index is 13.1. The van der Waals surface area contributed by atoms with Crippen LogP contribution < -0.4 is 0 Å². The Balaban J connectivity index is 2.19. The van der Waals surface area contributed by atoms with Crippen LogP contribution in [0, 0.1) is 12.7 Å². The molecule has 0 aliphatic heterocycles. The van der Waals surface area contributed by atoms with Crippen molar-refractivity contribution in [1.82, 2.24) is 9.88 Å². The summed E-state index contributed by atoms with van der Waals surface area (Å²) in [6, 6.07) is 3.10. The molecular formula is C13H12ClFN2OS. The van der Waals surface area contributed by atoms with Gasteiger partial charge in [0.15, 0.2) is 0 Å². The van der Waals surface area contributed by atoms with E-state index in [1.165, 1.54) is 4.90 Å². The van der Waals surface area contributed by atoms with E-state index >= 15 is 0 Å². The number of nitrogens with zero attached hydrogens (tertiary/aromatic N) is 2. The molecule has 2 heterocycles. The largest absolute Gasteiger partial charge is 0.336 e. The Kier molecular flexibility index (Phi) is 4.17. The van der Waals surface area contributed by atoms with Crippen molar-refractivity contribution >= 4 is 28.8 Å². The number of halogens is 2. The fraction of sp³-hybridized carbons (Fsp3) is 0.231. The second-order valence-electron chi connectivity index (χ2n) is 4.18. The van der Waals surface area contributed by atoms with Crippen LogP contribution in [0.2, 0.25) is 5.15 Å². The van der Waals surface area contributed by atoms with Gasteiger partial charge in [-0.1, -0.05) is 11.6 Å². The molecule has 19 heavy (non-hydrogen) atoms. The van der Waals surface area contributed by atoms with Crippen molar-refractivity contribution in [2.45, 2.75) is 13.5 Å². The molecule has 0 atom stereocenters. The molecule has 0 N–H and O–H groups in total. The van der Waals surface area contributed by atoms with Gasteiger partial charge in [0.2, 0.25) is 0 Å². The molecule has 1 amide bonds. The molecule has 100 valence electrons. The summed E-state index contributed by atoms with van der Waals surface area (Å²) in [6.07, 6.45) is 0.989. The van der Waals surface area contributed by atoms with Gasteiger partial charge in [-0.3, -0.25) is 4.79 Å². The maximum atomic E-state index is 13.1. The van der Waals surface area contributed by atoms with Crippen LogP contribution in [0.15, 0.2) is 23.7 Å². The summed E-state index contributed by atoms with van der Waals surface area (Å²) >= 11 is 7.41. The third kappa shape index (κ3) is 3.11. The maximum Gasteiger partial charge on any atom is 0.257 e. The smallest absolute Gasteiger partial charge is 0.257 e. The first-order chi connectivity index (χ1) is 8.99. The Morgan fingerprint density at radius 2 is 2.32 bits per heavy atom. The number of aromatic nitrogens is 1. The van der Waals surface area contributed by atoms with Crippen LogP contribution in [0.25, 0.3) is 0 Å². The summed E-state index contributed by atoms with van der Waals surface area (Å²) in [5, 5.41) is 1.99. The van der Waals surface area contributed by atoms with Gasteiger partial charge in [-0.2, -0.15) is 0 Å². The minimum Gasteiger partial charge on any atom is -0.336 e. The van der Waals surface area contributed by atoms with Crippen LogP contribution in [-0.2, 0) is 6.54 Å². The Labute approximate surface area is 119 Å². The summed E-state index contributed by atoms with van der Waals surface area (Å²) in [7, 11) is 1.66. The van der Waals surface area contributed by atoms with E-state index in [0.717, 1.165) is 22.7 Å².